The number of benzene rings is 1. The van der Waals surface area contributed by atoms with Gasteiger partial charge >= 0.3 is 5.97 Å². The van der Waals surface area contributed by atoms with Crippen molar-refractivity contribution in [2.24, 2.45) is 0 Å². The minimum atomic E-state index is -0.433. The molecule has 4 rings (SSSR count). The first-order valence-corrected chi connectivity index (χ1v) is 12.8. The Balaban J connectivity index is 1.65. The van der Waals surface area contributed by atoms with Crippen LogP contribution in [0.2, 0.25) is 0 Å². The maximum Gasteiger partial charge on any atom is 0.339 e. The van der Waals surface area contributed by atoms with Crippen LogP contribution >= 0.6 is 0 Å². The van der Waals surface area contributed by atoms with Crippen LogP contribution in [0.3, 0.4) is 0 Å². The van der Waals surface area contributed by atoms with Gasteiger partial charge in [0.25, 0.3) is 0 Å². The first-order chi connectivity index (χ1) is 17.9. The zero-order valence-electron chi connectivity index (χ0n) is 22.3. The summed E-state index contributed by atoms with van der Waals surface area (Å²) >= 11 is 0. The molecule has 3 heterocycles. The van der Waals surface area contributed by atoms with Crippen molar-refractivity contribution in [3.63, 3.8) is 0 Å². The van der Waals surface area contributed by atoms with Gasteiger partial charge in [0.2, 0.25) is 0 Å². The van der Waals surface area contributed by atoms with Crippen molar-refractivity contribution in [1.29, 1.82) is 0 Å². The summed E-state index contributed by atoms with van der Waals surface area (Å²) in [6.45, 7) is 6.25. The predicted molar refractivity (Wildman–Crippen MR) is 146 cm³/mol. The number of hydrogen-bond acceptors (Lipinski definition) is 8. The van der Waals surface area contributed by atoms with E-state index >= 15 is 0 Å². The Morgan fingerprint density at radius 2 is 2.05 bits per heavy atom. The second-order valence-corrected chi connectivity index (χ2v) is 9.38. The quantitative estimate of drug-likeness (QED) is 0.209. The van der Waals surface area contributed by atoms with E-state index in [0.717, 1.165) is 42.0 Å². The lowest BCUT2D eigenvalue weighted by Gasteiger charge is -2.24. The maximum atomic E-state index is 12.0. The Morgan fingerprint density at radius 3 is 2.81 bits per heavy atom. The first-order valence-electron chi connectivity index (χ1n) is 12.8. The SMILES string of the molecule is CCCC(C)N(C)CCCNc1nc(Cc2cccc(OC)c2)nc2[nH]c3cc(C(=O)OC)cnc3c12. The van der Waals surface area contributed by atoms with Gasteiger partial charge in [0.1, 0.15) is 28.6 Å². The third kappa shape index (κ3) is 6.17. The molecule has 196 valence electrons. The molecule has 2 N–H and O–H groups in total. The van der Waals surface area contributed by atoms with Crippen LogP contribution in [0.25, 0.3) is 22.1 Å². The molecule has 0 saturated carbocycles. The average molecular weight is 505 g/mol. The van der Waals surface area contributed by atoms with Gasteiger partial charge in [-0.25, -0.2) is 14.8 Å². The van der Waals surface area contributed by atoms with Crippen LogP contribution in [0.5, 0.6) is 5.75 Å². The molecule has 0 fully saturated rings. The lowest BCUT2D eigenvalue weighted by molar-refractivity contribution is 0.0600. The van der Waals surface area contributed by atoms with E-state index < -0.39 is 5.97 Å². The monoisotopic (exact) mass is 504 g/mol. The van der Waals surface area contributed by atoms with Crippen molar-refractivity contribution in [3.05, 3.63) is 53.5 Å². The molecular weight excluding hydrogens is 468 g/mol. The summed E-state index contributed by atoms with van der Waals surface area (Å²) in [7, 11) is 5.19. The Hall–Kier alpha value is -3.72. The number of esters is 1. The van der Waals surface area contributed by atoms with Gasteiger partial charge < -0.3 is 24.7 Å². The molecule has 0 saturated heterocycles. The maximum absolute atomic E-state index is 12.0. The number of H-pyrrole nitrogens is 1. The highest BCUT2D eigenvalue weighted by atomic mass is 16.5. The Kier molecular flexibility index (Phi) is 8.55. The van der Waals surface area contributed by atoms with Crippen LogP contribution in [-0.2, 0) is 11.2 Å². The second-order valence-electron chi connectivity index (χ2n) is 9.38. The van der Waals surface area contributed by atoms with Crippen molar-refractivity contribution in [3.8, 4) is 5.75 Å². The number of nitrogens with zero attached hydrogens (tertiary/aromatic N) is 4. The summed E-state index contributed by atoms with van der Waals surface area (Å²) < 4.78 is 10.2. The van der Waals surface area contributed by atoms with Gasteiger partial charge in [0, 0.05) is 25.2 Å². The first kappa shape index (κ1) is 26.3. The van der Waals surface area contributed by atoms with Crippen LogP contribution < -0.4 is 10.1 Å². The Bertz CT molecular complexity index is 1370. The van der Waals surface area contributed by atoms with Crippen LogP contribution in [0.1, 0.15) is 54.9 Å². The van der Waals surface area contributed by atoms with Gasteiger partial charge in [-0.3, -0.25) is 4.98 Å². The van der Waals surface area contributed by atoms with E-state index in [-0.39, 0.29) is 0 Å². The molecule has 0 aliphatic heterocycles. The van der Waals surface area contributed by atoms with Gasteiger partial charge in [-0.05, 0) is 57.1 Å². The van der Waals surface area contributed by atoms with Gasteiger partial charge in [0.15, 0.2) is 0 Å². The molecule has 1 atom stereocenters. The number of methoxy groups -OCH3 is 2. The number of aromatic nitrogens is 4. The van der Waals surface area contributed by atoms with Crippen molar-refractivity contribution >= 4 is 33.9 Å². The molecule has 0 aliphatic rings. The summed E-state index contributed by atoms with van der Waals surface area (Å²) in [4.78, 5) is 32.0. The third-order valence-electron chi connectivity index (χ3n) is 6.69. The van der Waals surface area contributed by atoms with Crippen LogP contribution in [0, 0.1) is 0 Å². The topological polar surface area (TPSA) is 105 Å². The average Bonchev–Trinajstić information content (AvgIpc) is 3.28. The number of fused-ring (bicyclic) bond motifs is 3. The smallest absolute Gasteiger partial charge is 0.339 e. The van der Waals surface area contributed by atoms with Crippen LogP contribution in [0.15, 0.2) is 36.5 Å². The Morgan fingerprint density at radius 1 is 1.22 bits per heavy atom. The van der Waals surface area contributed by atoms with E-state index in [4.69, 9.17) is 19.4 Å². The molecule has 0 spiro atoms. The zero-order chi connectivity index (χ0) is 26.4. The van der Waals surface area contributed by atoms with Crippen molar-refractivity contribution in [2.45, 2.75) is 45.6 Å². The van der Waals surface area contributed by atoms with E-state index in [1.54, 1.807) is 13.2 Å². The minimum Gasteiger partial charge on any atom is -0.497 e. The highest BCUT2D eigenvalue weighted by molar-refractivity contribution is 6.10. The normalized spacial score (nSPS) is 12.3. The molecule has 9 heteroatoms. The largest absolute Gasteiger partial charge is 0.497 e. The van der Waals surface area contributed by atoms with Gasteiger partial charge in [-0.2, -0.15) is 0 Å². The molecule has 37 heavy (non-hydrogen) atoms. The number of rotatable bonds is 12. The lowest BCUT2D eigenvalue weighted by atomic mass is 10.1. The molecular formula is C28H36N6O3. The summed E-state index contributed by atoms with van der Waals surface area (Å²) in [6, 6.07) is 10.2. The Labute approximate surface area is 217 Å². The fourth-order valence-corrected chi connectivity index (χ4v) is 4.50. The van der Waals surface area contributed by atoms with Crippen molar-refractivity contribution < 1.29 is 14.3 Å². The molecule has 0 bridgehead atoms. The molecule has 0 radical (unpaired) electrons. The van der Waals surface area contributed by atoms with Gasteiger partial charge in [-0.15, -0.1) is 0 Å². The number of carbonyl (C=O) groups is 1. The summed E-state index contributed by atoms with van der Waals surface area (Å²) in [5.74, 6) is 1.77. The fraction of sp³-hybridized carbons (Fsp3) is 0.429. The van der Waals surface area contributed by atoms with Crippen LogP contribution in [0.4, 0.5) is 5.82 Å². The number of pyridine rings is 1. The molecule has 3 aromatic heterocycles. The number of ether oxygens (including phenoxy) is 2. The predicted octanol–water partition coefficient (Wildman–Crippen LogP) is 4.81. The highest BCUT2D eigenvalue weighted by Crippen LogP contribution is 2.29. The van der Waals surface area contributed by atoms with E-state index in [9.17, 15) is 4.79 Å². The number of hydrogen-bond donors (Lipinski definition) is 2. The van der Waals surface area contributed by atoms with Gasteiger partial charge in [0.05, 0.1) is 30.7 Å². The second kappa shape index (κ2) is 12.0. The van der Waals surface area contributed by atoms with E-state index in [2.05, 4.69) is 41.1 Å². The standard InChI is InChI=1S/C28H36N6O3/c1-6-9-18(2)34(3)13-8-12-29-26-24-25-22(16-20(17-30-25)28(35)37-5)31-27(24)33-23(32-26)15-19-10-7-11-21(14-19)36-4/h7,10-11,14,16-18H,6,8-9,12-13,15H2,1-5H3,(H2,29,31,32,33). The highest BCUT2D eigenvalue weighted by Gasteiger charge is 2.17. The summed E-state index contributed by atoms with van der Waals surface area (Å²) in [5.41, 5.74) is 3.53. The zero-order valence-corrected chi connectivity index (χ0v) is 22.3. The molecule has 1 unspecified atom stereocenters. The van der Waals surface area contributed by atoms with Gasteiger partial charge in [-0.1, -0.05) is 25.5 Å². The molecule has 4 aromatic rings. The number of aromatic amines is 1. The molecule has 1 aromatic carbocycles. The molecule has 0 aliphatic carbocycles. The van der Waals surface area contributed by atoms with Crippen molar-refractivity contribution in [1.82, 2.24) is 24.8 Å². The van der Waals surface area contributed by atoms with Crippen LogP contribution in [-0.4, -0.2) is 71.2 Å². The summed E-state index contributed by atoms with van der Waals surface area (Å²) in [6.07, 6.45) is 5.43. The van der Waals surface area contributed by atoms with E-state index in [1.807, 2.05) is 24.3 Å². The van der Waals surface area contributed by atoms with E-state index in [1.165, 1.54) is 26.1 Å². The summed E-state index contributed by atoms with van der Waals surface area (Å²) in [5, 5.41) is 4.35. The fourth-order valence-electron chi connectivity index (χ4n) is 4.50. The van der Waals surface area contributed by atoms with E-state index in [0.29, 0.717) is 40.5 Å². The third-order valence-corrected chi connectivity index (χ3v) is 6.69. The van der Waals surface area contributed by atoms with Crippen molar-refractivity contribution in [2.75, 3.05) is 39.7 Å². The number of nitrogens with one attached hydrogen (secondary N) is 2. The number of anilines is 1. The minimum absolute atomic E-state index is 0.380. The molecule has 9 nitrogen and oxygen atoms in total. The number of carbonyl (C=O) groups excluding carboxylic acids is 1. The lowest BCUT2D eigenvalue weighted by Crippen LogP contribution is -2.30. The molecule has 0 amide bonds.